The van der Waals surface area contributed by atoms with E-state index in [1.165, 1.54) is 31.5 Å². The minimum absolute atomic E-state index is 0.724. The van der Waals surface area contributed by atoms with Crippen molar-refractivity contribution in [2.24, 2.45) is 11.8 Å². The molecule has 1 aliphatic carbocycles. The summed E-state index contributed by atoms with van der Waals surface area (Å²) in [4.78, 5) is 13.2. The van der Waals surface area contributed by atoms with Crippen LogP contribution in [-0.2, 0) is 6.54 Å². The van der Waals surface area contributed by atoms with E-state index >= 15 is 0 Å². The van der Waals surface area contributed by atoms with Gasteiger partial charge in [0.05, 0.1) is 0 Å². The maximum absolute atomic E-state index is 4.10. The highest BCUT2D eigenvalue weighted by Crippen LogP contribution is 2.42. The molecule has 1 aliphatic heterocycles. The number of likely N-dealkylation sites (N-methyl/N-ethyl adjacent to an activating group) is 1. The van der Waals surface area contributed by atoms with Crippen LogP contribution in [0, 0.1) is 11.8 Å². The predicted octanol–water partition coefficient (Wildman–Crippen LogP) is 1.25. The standard InChI is InChI=1S/C14H22N4/c1-17(2)14-9-18(8-13(14)12-3-4-12)7-11-5-15-10-16-6-11/h5-6,10,12-14H,3-4,7-9H2,1-2H3/t13-,14+/m0/s1. The van der Waals surface area contributed by atoms with Crippen LogP contribution in [0.3, 0.4) is 0 Å². The van der Waals surface area contributed by atoms with Gasteiger partial charge in [0.2, 0.25) is 0 Å². The van der Waals surface area contributed by atoms with Crippen molar-refractivity contribution in [3.8, 4) is 0 Å². The molecule has 0 N–H and O–H groups in total. The van der Waals surface area contributed by atoms with Gasteiger partial charge in [0.1, 0.15) is 6.33 Å². The van der Waals surface area contributed by atoms with Crippen molar-refractivity contribution in [1.82, 2.24) is 19.8 Å². The first-order valence-electron chi connectivity index (χ1n) is 6.86. The van der Waals surface area contributed by atoms with Gasteiger partial charge in [-0.2, -0.15) is 0 Å². The number of hydrogen-bond donors (Lipinski definition) is 0. The summed E-state index contributed by atoms with van der Waals surface area (Å²) < 4.78 is 0. The van der Waals surface area contributed by atoms with Crippen LogP contribution >= 0.6 is 0 Å². The lowest BCUT2D eigenvalue weighted by atomic mass is 9.97. The third-order valence-corrected chi connectivity index (χ3v) is 4.32. The molecule has 1 saturated heterocycles. The minimum Gasteiger partial charge on any atom is -0.305 e. The lowest BCUT2D eigenvalue weighted by Crippen LogP contribution is -2.36. The molecule has 4 heteroatoms. The number of likely N-dealkylation sites (tertiary alicyclic amines) is 1. The summed E-state index contributed by atoms with van der Waals surface area (Å²) in [6.45, 7) is 3.42. The van der Waals surface area contributed by atoms with Crippen LogP contribution in [0.15, 0.2) is 18.7 Å². The molecule has 1 saturated carbocycles. The molecule has 98 valence electrons. The molecule has 2 atom stereocenters. The Kier molecular flexibility index (Phi) is 3.31. The van der Waals surface area contributed by atoms with Gasteiger partial charge < -0.3 is 4.90 Å². The van der Waals surface area contributed by atoms with Gasteiger partial charge >= 0.3 is 0 Å². The second-order valence-corrected chi connectivity index (χ2v) is 5.97. The van der Waals surface area contributed by atoms with Crippen molar-refractivity contribution in [1.29, 1.82) is 0 Å². The van der Waals surface area contributed by atoms with Gasteiger partial charge in [-0.1, -0.05) is 0 Å². The molecule has 1 aromatic rings. The highest BCUT2D eigenvalue weighted by molar-refractivity contribution is 5.05. The van der Waals surface area contributed by atoms with E-state index in [1.54, 1.807) is 6.33 Å². The fourth-order valence-electron chi connectivity index (χ4n) is 3.23. The molecule has 0 radical (unpaired) electrons. The van der Waals surface area contributed by atoms with Crippen molar-refractivity contribution in [2.45, 2.75) is 25.4 Å². The fraction of sp³-hybridized carbons (Fsp3) is 0.714. The van der Waals surface area contributed by atoms with E-state index in [-0.39, 0.29) is 0 Å². The van der Waals surface area contributed by atoms with Gasteiger partial charge in [-0.3, -0.25) is 4.90 Å². The van der Waals surface area contributed by atoms with Crippen LogP contribution in [0.1, 0.15) is 18.4 Å². The molecule has 18 heavy (non-hydrogen) atoms. The van der Waals surface area contributed by atoms with Crippen molar-refractivity contribution < 1.29 is 0 Å². The van der Waals surface area contributed by atoms with Crippen molar-refractivity contribution in [3.63, 3.8) is 0 Å². The summed E-state index contributed by atoms with van der Waals surface area (Å²) in [7, 11) is 4.43. The average Bonchev–Trinajstić information content (AvgIpc) is 3.12. The summed E-state index contributed by atoms with van der Waals surface area (Å²) in [6.07, 6.45) is 8.35. The van der Waals surface area contributed by atoms with Crippen molar-refractivity contribution in [3.05, 3.63) is 24.3 Å². The van der Waals surface area contributed by atoms with E-state index < -0.39 is 0 Å². The maximum Gasteiger partial charge on any atom is 0.115 e. The second-order valence-electron chi connectivity index (χ2n) is 5.97. The normalized spacial score (nSPS) is 29.1. The lowest BCUT2D eigenvalue weighted by Gasteiger charge is -2.25. The molecule has 0 unspecified atom stereocenters. The van der Waals surface area contributed by atoms with E-state index in [9.17, 15) is 0 Å². The highest BCUT2D eigenvalue weighted by atomic mass is 15.2. The molecule has 2 fully saturated rings. The largest absolute Gasteiger partial charge is 0.305 e. The Morgan fingerprint density at radius 1 is 1.22 bits per heavy atom. The van der Waals surface area contributed by atoms with E-state index in [0.717, 1.165) is 24.4 Å². The molecule has 2 heterocycles. The summed E-state index contributed by atoms with van der Waals surface area (Å²) >= 11 is 0. The maximum atomic E-state index is 4.10. The van der Waals surface area contributed by atoms with Crippen LogP contribution < -0.4 is 0 Å². The second kappa shape index (κ2) is 4.94. The summed E-state index contributed by atoms with van der Waals surface area (Å²) in [5.74, 6) is 1.85. The van der Waals surface area contributed by atoms with Crippen LogP contribution in [-0.4, -0.2) is 53.0 Å². The quantitative estimate of drug-likeness (QED) is 0.800. The Morgan fingerprint density at radius 2 is 1.94 bits per heavy atom. The summed E-state index contributed by atoms with van der Waals surface area (Å²) in [6, 6.07) is 0.724. The van der Waals surface area contributed by atoms with E-state index in [2.05, 4.69) is 33.9 Å². The topological polar surface area (TPSA) is 32.3 Å². The Hall–Kier alpha value is -1.00. The zero-order valence-electron chi connectivity index (χ0n) is 11.3. The molecule has 1 aromatic heterocycles. The SMILES string of the molecule is CN(C)[C@@H]1CN(Cc2cncnc2)C[C@H]1C1CC1. The number of rotatable bonds is 4. The van der Waals surface area contributed by atoms with Gasteiger partial charge in [-0.25, -0.2) is 9.97 Å². The Labute approximate surface area is 109 Å². The van der Waals surface area contributed by atoms with Gasteiger partial charge in [0.25, 0.3) is 0 Å². The van der Waals surface area contributed by atoms with E-state index in [4.69, 9.17) is 0 Å². The number of aromatic nitrogens is 2. The van der Waals surface area contributed by atoms with Crippen LogP contribution in [0.2, 0.25) is 0 Å². The number of nitrogens with zero attached hydrogens (tertiary/aromatic N) is 4. The molecule has 2 aliphatic rings. The smallest absolute Gasteiger partial charge is 0.115 e. The summed E-state index contributed by atoms with van der Waals surface area (Å²) in [5, 5.41) is 0. The van der Waals surface area contributed by atoms with Crippen molar-refractivity contribution >= 4 is 0 Å². The first kappa shape index (κ1) is 12.1. The molecule has 3 rings (SSSR count). The van der Waals surface area contributed by atoms with Crippen LogP contribution in [0.5, 0.6) is 0 Å². The highest BCUT2D eigenvalue weighted by Gasteiger charge is 2.43. The van der Waals surface area contributed by atoms with E-state index in [1.807, 2.05) is 12.4 Å². The van der Waals surface area contributed by atoms with Gasteiger partial charge in [-0.05, 0) is 38.8 Å². The summed E-state index contributed by atoms with van der Waals surface area (Å²) in [5.41, 5.74) is 1.23. The Morgan fingerprint density at radius 3 is 2.56 bits per heavy atom. The minimum atomic E-state index is 0.724. The first-order chi connectivity index (χ1) is 8.74. The first-order valence-corrected chi connectivity index (χ1v) is 6.86. The predicted molar refractivity (Wildman–Crippen MR) is 71.0 cm³/mol. The fourth-order valence-corrected chi connectivity index (χ4v) is 3.23. The monoisotopic (exact) mass is 246 g/mol. The van der Waals surface area contributed by atoms with Crippen LogP contribution in [0.4, 0.5) is 0 Å². The lowest BCUT2D eigenvalue weighted by molar-refractivity contribution is 0.233. The molecular formula is C14H22N4. The molecule has 4 nitrogen and oxygen atoms in total. The molecule has 0 spiro atoms. The molecule has 0 amide bonds. The Balaban J connectivity index is 1.65. The third-order valence-electron chi connectivity index (χ3n) is 4.32. The molecule has 0 aromatic carbocycles. The van der Waals surface area contributed by atoms with Crippen molar-refractivity contribution in [2.75, 3.05) is 27.2 Å². The van der Waals surface area contributed by atoms with Crippen LogP contribution in [0.25, 0.3) is 0 Å². The van der Waals surface area contributed by atoms with Gasteiger partial charge in [0.15, 0.2) is 0 Å². The van der Waals surface area contributed by atoms with E-state index in [0.29, 0.717) is 0 Å². The van der Waals surface area contributed by atoms with Gasteiger partial charge in [-0.15, -0.1) is 0 Å². The molecular weight excluding hydrogens is 224 g/mol. The average molecular weight is 246 g/mol. The number of hydrogen-bond acceptors (Lipinski definition) is 4. The zero-order chi connectivity index (χ0) is 12.5. The molecule has 0 bridgehead atoms. The zero-order valence-corrected chi connectivity index (χ0v) is 11.3. The Bertz CT molecular complexity index is 378. The van der Waals surface area contributed by atoms with Gasteiger partial charge in [0, 0.05) is 43.6 Å². The third kappa shape index (κ3) is 2.54.